The summed E-state index contributed by atoms with van der Waals surface area (Å²) in [4.78, 5) is 12.6. The topological polar surface area (TPSA) is 93.0 Å². The monoisotopic (exact) mass is 594 g/mol. The molecule has 0 saturated heterocycles. The first kappa shape index (κ1) is 27.2. The fourth-order valence-corrected chi connectivity index (χ4v) is 5.07. The zero-order valence-corrected chi connectivity index (χ0v) is 23.5. The van der Waals surface area contributed by atoms with Gasteiger partial charge in [-0.15, -0.1) is 0 Å². The number of carbonyl (C=O) groups excluding carboxylic acids is 1. The van der Waals surface area contributed by atoms with Crippen LogP contribution < -0.4 is 14.5 Å². The summed E-state index contributed by atoms with van der Waals surface area (Å²) in [7, 11) is -3.73. The van der Waals surface area contributed by atoms with Crippen LogP contribution in [-0.4, -0.2) is 37.9 Å². The minimum absolute atomic E-state index is 0.338. The number of amides is 1. The molecule has 0 unspecified atom stereocenters. The Morgan fingerprint density at radius 1 is 1.00 bits per heavy atom. The van der Waals surface area contributed by atoms with Gasteiger partial charge in [-0.1, -0.05) is 34.1 Å². The van der Waals surface area contributed by atoms with Gasteiger partial charge in [0.1, 0.15) is 18.0 Å². The van der Waals surface area contributed by atoms with Gasteiger partial charge in [-0.2, -0.15) is 5.10 Å². The van der Waals surface area contributed by atoms with Gasteiger partial charge in [0.15, 0.2) is 0 Å². The Balaban J connectivity index is 1.43. The minimum Gasteiger partial charge on any atom is -0.457 e. The van der Waals surface area contributed by atoms with Crippen LogP contribution in [0.3, 0.4) is 0 Å². The highest BCUT2D eigenvalue weighted by Gasteiger charge is 2.21. The van der Waals surface area contributed by atoms with E-state index >= 15 is 0 Å². The summed E-state index contributed by atoms with van der Waals surface area (Å²) >= 11 is 3.45. The molecular weight excluding hydrogens is 568 g/mol. The second-order valence-corrected chi connectivity index (χ2v) is 11.4. The van der Waals surface area contributed by atoms with Gasteiger partial charge < -0.3 is 9.30 Å². The van der Waals surface area contributed by atoms with Crippen molar-refractivity contribution in [3.63, 3.8) is 0 Å². The molecule has 38 heavy (non-hydrogen) atoms. The lowest BCUT2D eigenvalue weighted by Crippen LogP contribution is -2.39. The van der Waals surface area contributed by atoms with Crippen molar-refractivity contribution in [2.75, 3.05) is 17.1 Å². The third-order valence-electron chi connectivity index (χ3n) is 5.74. The molecular formula is C28H27BrN4O4S. The fourth-order valence-electron chi connectivity index (χ4n) is 3.95. The van der Waals surface area contributed by atoms with Crippen molar-refractivity contribution in [3.8, 4) is 17.2 Å². The molecule has 0 aliphatic carbocycles. The molecule has 0 radical (unpaired) electrons. The lowest BCUT2D eigenvalue weighted by atomic mass is 10.2. The molecule has 1 amide bonds. The summed E-state index contributed by atoms with van der Waals surface area (Å²) in [5.41, 5.74) is 6.59. The number of hydrogen-bond donors (Lipinski definition) is 1. The summed E-state index contributed by atoms with van der Waals surface area (Å²) in [5.74, 6) is 0.635. The highest BCUT2D eigenvalue weighted by molar-refractivity contribution is 9.10. The van der Waals surface area contributed by atoms with Gasteiger partial charge in [-0.25, -0.2) is 13.8 Å². The zero-order chi connectivity index (χ0) is 27.3. The normalized spacial score (nSPS) is 11.5. The maximum atomic E-state index is 12.6. The Morgan fingerprint density at radius 2 is 1.63 bits per heavy atom. The van der Waals surface area contributed by atoms with Crippen LogP contribution in [0.2, 0.25) is 0 Å². The smallest absolute Gasteiger partial charge is 0.260 e. The first-order valence-corrected chi connectivity index (χ1v) is 14.3. The molecule has 0 aliphatic heterocycles. The molecule has 196 valence electrons. The Kier molecular flexibility index (Phi) is 8.33. The molecule has 0 fully saturated rings. The molecule has 0 bridgehead atoms. The van der Waals surface area contributed by atoms with Crippen LogP contribution >= 0.6 is 15.9 Å². The molecule has 3 aromatic carbocycles. The van der Waals surface area contributed by atoms with E-state index < -0.39 is 22.5 Å². The largest absolute Gasteiger partial charge is 0.457 e. The molecule has 1 heterocycles. The molecule has 10 heteroatoms. The maximum Gasteiger partial charge on any atom is 0.260 e. The number of benzene rings is 3. The van der Waals surface area contributed by atoms with E-state index in [1.807, 2.05) is 74.5 Å². The van der Waals surface area contributed by atoms with E-state index in [4.69, 9.17) is 4.74 Å². The third kappa shape index (κ3) is 6.70. The van der Waals surface area contributed by atoms with E-state index in [1.165, 1.54) is 0 Å². The number of ether oxygens (including phenoxy) is 1. The number of aryl methyl sites for hydroxylation is 1. The number of sulfonamides is 1. The van der Waals surface area contributed by atoms with Crippen molar-refractivity contribution in [1.82, 2.24) is 9.99 Å². The van der Waals surface area contributed by atoms with Gasteiger partial charge in [-0.3, -0.25) is 9.10 Å². The predicted octanol–water partition coefficient (Wildman–Crippen LogP) is 5.57. The first-order valence-electron chi connectivity index (χ1n) is 11.7. The average molecular weight is 596 g/mol. The molecule has 0 aliphatic rings. The summed E-state index contributed by atoms with van der Waals surface area (Å²) in [6, 6.07) is 25.6. The average Bonchev–Trinajstić information content (AvgIpc) is 3.16. The second kappa shape index (κ2) is 11.7. The quantitative estimate of drug-likeness (QED) is 0.203. The zero-order valence-electron chi connectivity index (χ0n) is 21.1. The number of para-hydroxylation sites is 1. The van der Waals surface area contributed by atoms with E-state index in [-0.39, 0.29) is 0 Å². The number of halogens is 1. The van der Waals surface area contributed by atoms with Crippen LogP contribution in [0.4, 0.5) is 5.69 Å². The lowest BCUT2D eigenvalue weighted by molar-refractivity contribution is -0.119. The van der Waals surface area contributed by atoms with Crippen LogP contribution in [0.5, 0.6) is 11.5 Å². The van der Waals surface area contributed by atoms with Crippen molar-refractivity contribution in [2.24, 2.45) is 5.10 Å². The standard InChI is InChI=1S/C28H27BrN4O4S/c1-20-17-22(21(2)33(20)25-11-9-23(29)10-12-25)18-30-31-28(34)19-32(38(3,35)36)24-13-15-27(16-14-24)37-26-7-5-4-6-8-26/h4-18H,19H2,1-3H3,(H,31,34)/b30-18+. The van der Waals surface area contributed by atoms with Crippen molar-refractivity contribution >= 4 is 43.8 Å². The Labute approximate surface area is 230 Å². The van der Waals surface area contributed by atoms with Gasteiger partial charge in [0.25, 0.3) is 5.91 Å². The Hall–Kier alpha value is -3.89. The highest BCUT2D eigenvalue weighted by atomic mass is 79.9. The number of rotatable bonds is 9. The third-order valence-corrected chi connectivity index (χ3v) is 7.41. The summed E-state index contributed by atoms with van der Waals surface area (Å²) < 4.78 is 34.8. The second-order valence-electron chi connectivity index (χ2n) is 8.61. The van der Waals surface area contributed by atoms with E-state index in [2.05, 4.69) is 31.0 Å². The summed E-state index contributed by atoms with van der Waals surface area (Å²) in [6.07, 6.45) is 2.60. The molecule has 4 rings (SSSR count). The number of hydrazone groups is 1. The van der Waals surface area contributed by atoms with Crippen molar-refractivity contribution < 1.29 is 17.9 Å². The summed E-state index contributed by atoms with van der Waals surface area (Å²) in [5, 5.41) is 4.07. The van der Waals surface area contributed by atoms with Gasteiger partial charge in [-0.05, 0) is 80.6 Å². The number of carbonyl (C=O) groups is 1. The van der Waals surface area contributed by atoms with Gasteiger partial charge in [0.05, 0.1) is 18.2 Å². The van der Waals surface area contributed by atoms with E-state index in [9.17, 15) is 13.2 Å². The van der Waals surface area contributed by atoms with Crippen LogP contribution in [0.15, 0.2) is 94.5 Å². The van der Waals surface area contributed by atoms with Crippen molar-refractivity contribution in [3.05, 3.63) is 106 Å². The number of hydrogen-bond acceptors (Lipinski definition) is 5. The van der Waals surface area contributed by atoms with Crippen LogP contribution in [0.25, 0.3) is 5.69 Å². The molecule has 0 saturated carbocycles. The maximum absolute atomic E-state index is 12.6. The number of aromatic nitrogens is 1. The van der Waals surface area contributed by atoms with Crippen molar-refractivity contribution in [2.45, 2.75) is 13.8 Å². The summed E-state index contributed by atoms with van der Waals surface area (Å²) in [6.45, 7) is 3.53. The molecule has 0 spiro atoms. The number of anilines is 1. The SMILES string of the molecule is Cc1cc(/C=N/NC(=O)CN(c2ccc(Oc3ccccc3)cc2)S(C)(=O)=O)c(C)n1-c1ccc(Br)cc1. The molecule has 4 aromatic rings. The van der Waals surface area contributed by atoms with Crippen LogP contribution in [-0.2, 0) is 14.8 Å². The molecule has 1 aromatic heterocycles. The van der Waals surface area contributed by atoms with Crippen molar-refractivity contribution in [1.29, 1.82) is 0 Å². The van der Waals surface area contributed by atoms with Crippen LogP contribution in [0.1, 0.15) is 17.0 Å². The van der Waals surface area contributed by atoms with Gasteiger partial charge in [0.2, 0.25) is 10.0 Å². The molecule has 0 atom stereocenters. The van der Waals surface area contributed by atoms with Gasteiger partial charge in [0, 0.05) is 27.1 Å². The fraction of sp³-hybridized carbons (Fsp3) is 0.143. The predicted molar refractivity (Wildman–Crippen MR) is 154 cm³/mol. The lowest BCUT2D eigenvalue weighted by Gasteiger charge is -2.21. The van der Waals surface area contributed by atoms with E-state index in [0.29, 0.717) is 17.2 Å². The minimum atomic E-state index is -3.73. The first-order chi connectivity index (χ1) is 18.1. The van der Waals surface area contributed by atoms with E-state index in [0.717, 1.165) is 37.7 Å². The number of nitrogens with zero attached hydrogens (tertiary/aromatic N) is 3. The highest BCUT2D eigenvalue weighted by Crippen LogP contribution is 2.25. The molecule has 8 nitrogen and oxygen atoms in total. The Bertz CT molecular complexity index is 1550. The Morgan fingerprint density at radius 3 is 2.26 bits per heavy atom. The number of nitrogens with one attached hydrogen (secondary N) is 1. The van der Waals surface area contributed by atoms with Gasteiger partial charge >= 0.3 is 0 Å². The molecule has 1 N–H and O–H groups in total. The van der Waals surface area contributed by atoms with E-state index in [1.54, 1.807) is 30.5 Å². The van der Waals surface area contributed by atoms with Crippen LogP contribution in [0, 0.1) is 13.8 Å².